The van der Waals surface area contributed by atoms with E-state index in [9.17, 15) is 4.39 Å². The topological polar surface area (TPSA) is 53.0 Å². The van der Waals surface area contributed by atoms with Gasteiger partial charge in [0.1, 0.15) is 5.82 Å². The lowest BCUT2D eigenvalue weighted by molar-refractivity contribution is 0.400. The first-order chi connectivity index (χ1) is 8.65. The summed E-state index contributed by atoms with van der Waals surface area (Å²) >= 11 is 0. The van der Waals surface area contributed by atoms with Gasteiger partial charge in [0.15, 0.2) is 0 Å². The third kappa shape index (κ3) is 2.46. The smallest absolute Gasteiger partial charge is 0.126 e. The van der Waals surface area contributed by atoms with Gasteiger partial charge < -0.3 is 10.6 Å². The van der Waals surface area contributed by atoms with E-state index < -0.39 is 0 Å². The zero-order valence-corrected chi connectivity index (χ0v) is 10.6. The first kappa shape index (κ1) is 12.8. The first-order valence-corrected chi connectivity index (χ1v) is 6.34. The SMILES string of the molecule is CC1CCCC(CN)N1c1cc(F)cc(C#N)c1. The van der Waals surface area contributed by atoms with E-state index in [4.69, 9.17) is 11.0 Å². The van der Waals surface area contributed by atoms with E-state index in [1.165, 1.54) is 12.1 Å². The number of piperidine rings is 1. The quantitative estimate of drug-likeness (QED) is 0.873. The highest BCUT2D eigenvalue weighted by Gasteiger charge is 2.27. The van der Waals surface area contributed by atoms with E-state index in [1.807, 2.05) is 6.07 Å². The normalized spacial score (nSPS) is 23.8. The lowest BCUT2D eigenvalue weighted by Gasteiger charge is -2.42. The molecule has 0 bridgehead atoms. The van der Waals surface area contributed by atoms with Crippen LogP contribution >= 0.6 is 0 Å². The molecule has 0 saturated carbocycles. The molecular weight excluding hydrogens is 229 g/mol. The van der Waals surface area contributed by atoms with Crippen LogP contribution in [0.2, 0.25) is 0 Å². The number of halogens is 1. The molecule has 2 rings (SSSR count). The Morgan fingerprint density at radius 3 is 2.89 bits per heavy atom. The molecule has 1 heterocycles. The number of anilines is 1. The fourth-order valence-corrected chi connectivity index (χ4v) is 2.77. The molecular formula is C14H18FN3. The number of nitrogens with zero attached hydrogens (tertiary/aromatic N) is 2. The minimum atomic E-state index is -0.363. The molecule has 1 fully saturated rings. The van der Waals surface area contributed by atoms with Crippen molar-refractivity contribution in [3.05, 3.63) is 29.6 Å². The molecule has 3 nitrogen and oxygen atoms in total. The van der Waals surface area contributed by atoms with Crippen LogP contribution in [-0.2, 0) is 0 Å². The standard InChI is InChI=1S/C14H18FN3/c1-10-3-2-4-13(9-17)18(10)14-6-11(8-16)5-12(15)7-14/h5-7,10,13H,2-4,9,17H2,1H3. The molecule has 2 atom stereocenters. The van der Waals surface area contributed by atoms with Gasteiger partial charge in [-0.1, -0.05) is 0 Å². The van der Waals surface area contributed by atoms with Crippen LogP contribution in [0.1, 0.15) is 31.7 Å². The van der Waals surface area contributed by atoms with Crippen LogP contribution < -0.4 is 10.6 Å². The molecule has 1 aromatic rings. The number of nitrogens with two attached hydrogens (primary N) is 1. The lowest BCUT2D eigenvalue weighted by Crippen LogP contribution is -2.49. The Balaban J connectivity index is 2.38. The number of rotatable bonds is 2. The predicted octanol–water partition coefficient (Wildman–Crippen LogP) is 2.40. The van der Waals surface area contributed by atoms with Crippen LogP contribution in [0.4, 0.5) is 10.1 Å². The summed E-state index contributed by atoms with van der Waals surface area (Å²) in [6.45, 7) is 2.68. The van der Waals surface area contributed by atoms with Crippen LogP contribution in [0.3, 0.4) is 0 Å². The molecule has 1 aliphatic heterocycles. The molecule has 2 unspecified atom stereocenters. The second kappa shape index (κ2) is 5.36. The van der Waals surface area contributed by atoms with Crippen LogP contribution in [-0.4, -0.2) is 18.6 Å². The van der Waals surface area contributed by atoms with Crippen LogP contribution in [0, 0.1) is 17.1 Å². The number of benzene rings is 1. The van der Waals surface area contributed by atoms with E-state index in [2.05, 4.69) is 11.8 Å². The zero-order valence-electron chi connectivity index (χ0n) is 10.6. The van der Waals surface area contributed by atoms with Gasteiger partial charge in [0.25, 0.3) is 0 Å². The van der Waals surface area contributed by atoms with Crippen molar-refractivity contribution in [1.29, 1.82) is 5.26 Å². The molecule has 1 aliphatic rings. The van der Waals surface area contributed by atoms with Gasteiger partial charge in [-0.15, -0.1) is 0 Å². The third-order valence-electron chi connectivity index (χ3n) is 3.61. The maximum absolute atomic E-state index is 13.5. The molecule has 2 N–H and O–H groups in total. The predicted molar refractivity (Wildman–Crippen MR) is 69.7 cm³/mol. The molecule has 1 saturated heterocycles. The average Bonchev–Trinajstić information content (AvgIpc) is 2.37. The number of nitriles is 1. The maximum atomic E-state index is 13.5. The van der Waals surface area contributed by atoms with Crippen molar-refractivity contribution in [2.24, 2.45) is 5.73 Å². The molecule has 18 heavy (non-hydrogen) atoms. The van der Waals surface area contributed by atoms with Gasteiger partial charge in [-0.05, 0) is 44.4 Å². The van der Waals surface area contributed by atoms with Crippen molar-refractivity contribution >= 4 is 5.69 Å². The summed E-state index contributed by atoms with van der Waals surface area (Å²) in [6, 6.07) is 7.06. The lowest BCUT2D eigenvalue weighted by atomic mass is 9.95. The van der Waals surface area contributed by atoms with E-state index >= 15 is 0 Å². The number of hydrogen-bond donors (Lipinski definition) is 1. The second-order valence-electron chi connectivity index (χ2n) is 4.89. The van der Waals surface area contributed by atoms with Crippen molar-refractivity contribution < 1.29 is 4.39 Å². The summed E-state index contributed by atoms with van der Waals surface area (Å²) in [4.78, 5) is 2.16. The fourth-order valence-electron chi connectivity index (χ4n) is 2.77. The molecule has 0 aliphatic carbocycles. The van der Waals surface area contributed by atoms with Crippen LogP contribution in [0.5, 0.6) is 0 Å². The van der Waals surface area contributed by atoms with E-state index in [1.54, 1.807) is 6.07 Å². The fraction of sp³-hybridized carbons (Fsp3) is 0.500. The third-order valence-corrected chi connectivity index (χ3v) is 3.61. The Morgan fingerprint density at radius 2 is 2.22 bits per heavy atom. The molecule has 0 amide bonds. The Kier molecular flexibility index (Phi) is 3.83. The van der Waals surface area contributed by atoms with Gasteiger partial charge in [-0.3, -0.25) is 0 Å². The zero-order chi connectivity index (χ0) is 13.1. The highest BCUT2D eigenvalue weighted by molar-refractivity contribution is 5.54. The Morgan fingerprint density at radius 1 is 1.44 bits per heavy atom. The van der Waals surface area contributed by atoms with Gasteiger partial charge in [0.2, 0.25) is 0 Å². The van der Waals surface area contributed by atoms with Crippen molar-refractivity contribution in [3.8, 4) is 6.07 Å². The minimum Gasteiger partial charge on any atom is -0.364 e. The monoisotopic (exact) mass is 247 g/mol. The first-order valence-electron chi connectivity index (χ1n) is 6.34. The molecule has 96 valence electrons. The highest BCUT2D eigenvalue weighted by atomic mass is 19.1. The van der Waals surface area contributed by atoms with Gasteiger partial charge in [0, 0.05) is 24.3 Å². The summed E-state index contributed by atoms with van der Waals surface area (Å²) in [6.07, 6.45) is 3.26. The molecule has 0 spiro atoms. The van der Waals surface area contributed by atoms with Gasteiger partial charge in [-0.2, -0.15) is 5.26 Å². The summed E-state index contributed by atoms with van der Waals surface area (Å²) in [5.41, 5.74) is 6.93. The van der Waals surface area contributed by atoms with Crippen molar-refractivity contribution in [2.45, 2.75) is 38.3 Å². The highest BCUT2D eigenvalue weighted by Crippen LogP contribution is 2.30. The van der Waals surface area contributed by atoms with Crippen molar-refractivity contribution in [2.75, 3.05) is 11.4 Å². The summed E-state index contributed by atoms with van der Waals surface area (Å²) in [5.74, 6) is -0.363. The summed E-state index contributed by atoms with van der Waals surface area (Å²) < 4.78 is 13.5. The van der Waals surface area contributed by atoms with E-state index in [0.717, 1.165) is 24.9 Å². The van der Waals surface area contributed by atoms with Crippen LogP contribution in [0.25, 0.3) is 0 Å². The van der Waals surface area contributed by atoms with Crippen LogP contribution in [0.15, 0.2) is 18.2 Å². The number of hydrogen-bond acceptors (Lipinski definition) is 3. The molecule has 0 radical (unpaired) electrons. The summed E-state index contributed by atoms with van der Waals surface area (Å²) in [7, 11) is 0. The van der Waals surface area contributed by atoms with Crippen molar-refractivity contribution in [3.63, 3.8) is 0 Å². The maximum Gasteiger partial charge on any atom is 0.126 e. The Hall–Kier alpha value is -1.60. The van der Waals surface area contributed by atoms with Gasteiger partial charge in [0.05, 0.1) is 11.6 Å². The summed E-state index contributed by atoms with van der Waals surface area (Å²) in [5, 5.41) is 8.91. The Labute approximate surface area is 107 Å². The van der Waals surface area contributed by atoms with Gasteiger partial charge in [-0.25, -0.2) is 4.39 Å². The molecule has 4 heteroatoms. The second-order valence-corrected chi connectivity index (χ2v) is 4.89. The van der Waals surface area contributed by atoms with Gasteiger partial charge >= 0.3 is 0 Å². The largest absolute Gasteiger partial charge is 0.364 e. The minimum absolute atomic E-state index is 0.238. The van der Waals surface area contributed by atoms with E-state index in [0.29, 0.717) is 18.2 Å². The van der Waals surface area contributed by atoms with Crippen molar-refractivity contribution in [1.82, 2.24) is 0 Å². The average molecular weight is 247 g/mol. The molecule has 0 aromatic heterocycles. The Bertz CT molecular complexity index is 467. The molecule has 1 aromatic carbocycles. The van der Waals surface area contributed by atoms with E-state index in [-0.39, 0.29) is 11.9 Å².